The molecule has 3 rings (SSSR count). The summed E-state index contributed by atoms with van der Waals surface area (Å²) in [7, 11) is 0. The lowest BCUT2D eigenvalue weighted by Crippen LogP contribution is -2.47. The van der Waals surface area contributed by atoms with Gasteiger partial charge in [0, 0.05) is 6.42 Å². The van der Waals surface area contributed by atoms with Crippen molar-refractivity contribution in [3.8, 4) is 0 Å². The predicted molar refractivity (Wildman–Crippen MR) is 67.5 cm³/mol. The first kappa shape index (κ1) is 11.7. The van der Waals surface area contributed by atoms with Crippen LogP contribution in [0.3, 0.4) is 0 Å². The molecule has 0 bridgehead atoms. The Hall–Kier alpha value is -1.35. The topological polar surface area (TPSA) is 46.5 Å². The smallest absolute Gasteiger partial charge is 0.336 e. The van der Waals surface area contributed by atoms with E-state index in [-0.39, 0.29) is 0 Å². The van der Waals surface area contributed by atoms with Gasteiger partial charge in [-0.1, -0.05) is 24.3 Å². The molecule has 1 atom stereocenters. The van der Waals surface area contributed by atoms with Crippen LogP contribution in [-0.4, -0.2) is 23.3 Å². The number of aliphatic carboxylic acids is 1. The molecule has 1 N–H and O–H groups in total. The lowest BCUT2D eigenvalue weighted by molar-refractivity contribution is -0.168. The van der Waals surface area contributed by atoms with E-state index in [0.29, 0.717) is 25.4 Å². The average molecular weight is 246 g/mol. The van der Waals surface area contributed by atoms with Crippen LogP contribution in [0.15, 0.2) is 24.3 Å². The molecule has 2 aliphatic carbocycles. The van der Waals surface area contributed by atoms with E-state index in [2.05, 4.69) is 6.07 Å². The number of carbonyl (C=O) groups is 1. The lowest BCUT2D eigenvalue weighted by Gasteiger charge is -2.34. The highest BCUT2D eigenvalue weighted by atomic mass is 16.5. The van der Waals surface area contributed by atoms with Crippen molar-refractivity contribution >= 4 is 5.97 Å². The van der Waals surface area contributed by atoms with Crippen molar-refractivity contribution in [2.24, 2.45) is 5.92 Å². The molecule has 3 heteroatoms. The van der Waals surface area contributed by atoms with Gasteiger partial charge in [0.2, 0.25) is 0 Å². The summed E-state index contributed by atoms with van der Waals surface area (Å²) in [5, 5.41) is 9.52. The van der Waals surface area contributed by atoms with Crippen molar-refractivity contribution in [3.63, 3.8) is 0 Å². The van der Waals surface area contributed by atoms with Crippen LogP contribution in [0.2, 0.25) is 0 Å². The third-order valence-electron chi connectivity index (χ3n) is 4.07. The number of carboxylic acid groups (broad SMARTS) is 1. The van der Waals surface area contributed by atoms with E-state index in [1.54, 1.807) is 0 Å². The highest BCUT2D eigenvalue weighted by Crippen LogP contribution is 2.35. The highest BCUT2D eigenvalue weighted by Gasteiger charge is 2.43. The maximum Gasteiger partial charge on any atom is 0.336 e. The molecule has 0 amide bonds. The van der Waals surface area contributed by atoms with E-state index in [1.165, 1.54) is 18.4 Å². The standard InChI is InChI=1S/C15H18O3/c16-14(17)15(18-10-11-5-6-11)8-7-12-3-1-2-4-13(12)9-15/h1-4,11H,5-10H2,(H,16,17). The Bertz CT molecular complexity index is 465. The summed E-state index contributed by atoms with van der Waals surface area (Å²) in [6.07, 6.45) is 4.27. The van der Waals surface area contributed by atoms with Gasteiger partial charge in [0.05, 0.1) is 6.61 Å². The number of hydrogen-bond acceptors (Lipinski definition) is 2. The van der Waals surface area contributed by atoms with Gasteiger partial charge in [0.1, 0.15) is 0 Å². The zero-order valence-electron chi connectivity index (χ0n) is 10.4. The molecule has 1 fully saturated rings. The third kappa shape index (κ3) is 2.15. The Labute approximate surface area is 107 Å². The molecule has 1 unspecified atom stereocenters. The van der Waals surface area contributed by atoms with Gasteiger partial charge in [-0.15, -0.1) is 0 Å². The molecule has 0 heterocycles. The second-order valence-electron chi connectivity index (χ2n) is 5.50. The number of fused-ring (bicyclic) bond motifs is 1. The van der Waals surface area contributed by atoms with Crippen LogP contribution in [0.5, 0.6) is 0 Å². The molecule has 1 aromatic rings. The molecule has 18 heavy (non-hydrogen) atoms. The minimum absolute atomic E-state index is 0.505. The normalized spacial score (nSPS) is 26.7. The van der Waals surface area contributed by atoms with Gasteiger partial charge in [-0.25, -0.2) is 4.79 Å². The predicted octanol–water partition coefficient (Wildman–Crippen LogP) is 2.43. The average Bonchev–Trinajstić information content (AvgIpc) is 3.20. The van der Waals surface area contributed by atoms with Crippen LogP contribution < -0.4 is 0 Å². The number of aryl methyl sites for hydroxylation is 1. The van der Waals surface area contributed by atoms with Crippen LogP contribution in [-0.2, 0) is 22.4 Å². The molecule has 96 valence electrons. The summed E-state index contributed by atoms with van der Waals surface area (Å²) >= 11 is 0. The van der Waals surface area contributed by atoms with E-state index < -0.39 is 11.6 Å². The van der Waals surface area contributed by atoms with E-state index in [9.17, 15) is 9.90 Å². The van der Waals surface area contributed by atoms with Gasteiger partial charge < -0.3 is 9.84 Å². The summed E-state index contributed by atoms with van der Waals surface area (Å²) in [5.41, 5.74) is 1.41. The van der Waals surface area contributed by atoms with Crippen molar-refractivity contribution in [3.05, 3.63) is 35.4 Å². The second kappa shape index (κ2) is 4.39. The van der Waals surface area contributed by atoms with E-state index in [0.717, 1.165) is 12.0 Å². The summed E-state index contributed by atoms with van der Waals surface area (Å²) in [5.74, 6) is -0.212. The fourth-order valence-electron chi connectivity index (χ4n) is 2.64. The van der Waals surface area contributed by atoms with E-state index >= 15 is 0 Å². The molecule has 0 radical (unpaired) electrons. The van der Waals surface area contributed by atoms with E-state index in [1.807, 2.05) is 18.2 Å². The number of rotatable bonds is 4. The van der Waals surface area contributed by atoms with Crippen molar-refractivity contribution in [2.45, 2.75) is 37.7 Å². The fourth-order valence-corrected chi connectivity index (χ4v) is 2.64. The van der Waals surface area contributed by atoms with Gasteiger partial charge >= 0.3 is 5.97 Å². The molecule has 0 aromatic heterocycles. The quantitative estimate of drug-likeness (QED) is 0.887. The largest absolute Gasteiger partial charge is 0.479 e. The minimum Gasteiger partial charge on any atom is -0.479 e. The van der Waals surface area contributed by atoms with Gasteiger partial charge in [0.15, 0.2) is 5.60 Å². The zero-order chi connectivity index (χ0) is 12.6. The lowest BCUT2D eigenvalue weighted by atomic mass is 9.80. The summed E-state index contributed by atoms with van der Waals surface area (Å²) in [6, 6.07) is 8.09. The number of ether oxygens (including phenoxy) is 1. The summed E-state index contributed by atoms with van der Waals surface area (Å²) in [4.78, 5) is 11.6. The third-order valence-corrected chi connectivity index (χ3v) is 4.07. The number of benzene rings is 1. The molecule has 0 spiro atoms. The summed E-state index contributed by atoms with van der Waals surface area (Å²) in [6.45, 7) is 0.606. The Morgan fingerprint density at radius 3 is 2.72 bits per heavy atom. The van der Waals surface area contributed by atoms with Crippen molar-refractivity contribution < 1.29 is 14.6 Å². The molecule has 3 nitrogen and oxygen atoms in total. The van der Waals surface area contributed by atoms with Crippen LogP contribution >= 0.6 is 0 Å². The monoisotopic (exact) mass is 246 g/mol. The Kier molecular flexibility index (Phi) is 2.86. The molecular weight excluding hydrogens is 228 g/mol. The number of carboxylic acids is 1. The maximum absolute atomic E-state index is 11.6. The van der Waals surface area contributed by atoms with Crippen LogP contribution in [0.25, 0.3) is 0 Å². The van der Waals surface area contributed by atoms with Crippen LogP contribution in [0.1, 0.15) is 30.4 Å². The van der Waals surface area contributed by atoms with Gasteiger partial charge in [0.25, 0.3) is 0 Å². The van der Waals surface area contributed by atoms with Gasteiger partial charge in [-0.2, -0.15) is 0 Å². The Morgan fingerprint density at radius 2 is 2.06 bits per heavy atom. The summed E-state index contributed by atoms with van der Waals surface area (Å²) < 4.78 is 5.81. The molecule has 1 saturated carbocycles. The van der Waals surface area contributed by atoms with E-state index in [4.69, 9.17) is 4.74 Å². The Balaban J connectivity index is 1.81. The molecular formula is C15H18O3. The SMILES string of the molecule is O=C(O)C1(OCC2CC2)CCc2ccccc2C1. The van der Waals surface area contributed by atoms with Crippen molar-refractivity contribution in [2.75, 3.05) is 6.61 Å². The number of hydrogen-bond donors (Lipinski definition) is 1. The molecule has 0 aliphatic heterocycles. The molecule has 0 saturated heterocycles. The van der Waals surface area contributed by atoms with Gasteiger partial charge in [-0.3, -0.25) is 0 Å². The van der Waals surface area contributed by atoms with Crippen molar-refractivity contribution in [1.29, 1.82) is 0 Å². The fraction of sp³-hybridized carbons (Fsp3) is 0.533. The van der Waals surface area contributed by atoms with Crippen molar-refractivity contribution in [1.82, 2.24) is 0 Å². The van der Waals surface area contributed by atoms with Crippen LogP contribution in [0.4, 0.5) is 0 Å². The van der Waals surface area contributed by atoms with Crippen LogP contribution in [0, 0.1) is 5.92 Å². The molecule has 1 aromatic carbocycles. The first-order valence-corrected chi connectivity index (χ1v) is 6.64. The minimum atomic E-state index is -0.989. The highest BCUT2D eigenvalue weighted by molar-refractivity contribution is 5.78. The zero-order valence-corrected chi connectivity index (χ0v) is 10.4. The first-order valence-electron chi connectivity index (χ1n) is 6.64. The molecule has 2 aliphatic rings. The first-order chi connectivity index (χ1) is 8.70. The second-order valence-corrected chi connectivity index (χ2v) is 5.50. The maximum atomic E-state index is 11.6. The van der Waals surface area contributed by atoms with Gasteiger partial charge in [-0.05, 0) is 42.7 Å². The Morgan fingerprint density at radius 1 is 1.33 bits per heavy atom.